The lowest BCUT2D eigenvalue weighted by Gasteiger charge is -2.28. The Morgan fingerprint density at radius 3 is 1.96 bits per heavy atom. The average Bonchev–Trinajstić information content (AvgIpc) is 2.71. The standard InChI is InChI=1S/C23H20ClNO2/c24-20-14-7-8-15-21(20)25-22(26)16-9-17-23(27,18-10-3-1-4-11-18)19-12-5-2-6-13-19/h1-16,27H,17H2,(H,25,26)/b16-9+. The molecule has 0 aromatic heterocycles. The molecule has 0 fully saturated rings. The van der Waals surface area contributed by atoms with Crippen LogP contribution in [0.2, 0.25) is 5.02 Å². The van der Waals surface area contributed by atoms with Gasteiger partial charge in [0, 0.05) is 6.42 Å². The van der Waals surface area contributed by atoms with E-state index in [-0.39, 0.29) is 12.3 Å². The van der Waals surface area contributed by atoms with Crippen molar-refractivity contribution in [3.63, 3.8) is 0 Å². The lowest BCUT2D eigenvalue weighted by Crippen LogP contribution is -2.26. The van der Waals surface area contributed by atoms with Crippen LogP contribution in [0, 0.1) is 0 Å². The van der Waals surface area contributed by atoms with E-state index in [0.29, 0.717) is 10.7 Å². The van der Waals surface area contributed by atoms with Gasteiger partial charge in [-0.1, -0.05) is 90.5 Å². The Morgan fingerprint density at radius 1 is 0.889 bits per heavy atom. The predicted octanol–water partition coefficient (Wildman–Crippen LogP) is 5.16. The third kappa shape index (κ3) is 4.64. The molecule has 0 aliphatic carbocycles. The Hall–Kier alpha value is -2.88. The smallest absolute Gasteiger partial charge is 0.248 e. The summed E-state index contributed by atoms with van der Waals surface area (Å²) in [5.41, 5.74) is 0.874. The molecule has 0 bridgehead atoms. The molecular formula is C23H20ClNO2. The maximum Gasteiger partial charge on any atom is 0.248 e. The molecule has 2 N–H and O–H groups in total. The number of hydrogen-bond acceptors (Lipinski definition) is 2. The van der Waals surface area contributed by atoms with Crippen molar-refractivity contribution in [2.45, 2.75) is 12.0 Å². The number of hydrogen-bond donors (Lipinski definition) is 2. The SMILES string of the molecule is O=C(/C=C/CC(O)(c1ccccc1)c1ccccc1)Nc1ccccc1Cl. The number of rotatable bonds is 6. The maximum absolute atomic E-state index is 12.2. The summed E-state index contributed by atoms with van der Waals surface area (Å²) >= 11 is 6.06. The molecule has 27 heavy (non-hydrogen) atoms. The summed E-state index contributed by atoms with van der Waals surface area (Å²) in [7, 11) is 0. The maximum atomic E-state index is 12.2. The van der Waals surface area contributed by atoms with Crippen molar-refractivity contribution in [3.05, 3.63) is 113 Å². The summed E-state index contributed by atoms with van der Waals surface area (Å²) in [4.78, 5) is 12.2. The van der Waals surface area contributed by atoms with Crippen LogP contribution >= 0.6 is 11.6 Å². The molecule has 3 aromatic rings. The number of halogens is 1. The van der Waals surface area contributed by atoms with Gasteiger partial charge in [0.1, 0.15) is 5.60 Å². The fraction of sp³-hybridized carbons (Fsp3) is 0.0870. The van der Waals surface area contributed by atoms with E-state index in [9.17, 15) is 9.90 Å². The minimum absolute atomic E-state index is 0.261. The first kappa shape index (κ1) is 18.9. The Balaban J connectivity index is 1.78. The summed E-state index contributed by atoms with van der Waals surface area (Å²) in [5, 5.41) is 14.6. The molecule has 3 nitrogen and oxygen atoms in total. The van der Waals surface area contributed by atoms with E-state index in [4.69, 9.17) is 11.6 Å². The number of carbonyl (C=O) groups excluding carboxylic acids is 1. The van der Waals surface area contributed by atoms with Crippen molar-refractivity contribution in [2.24, 2.45) is 0 Å². The highest BCUT2D eigenvalue weighted by atomic mass is 35.5. The highest BCUT2D eigenvalue weighted by Gasteiger charge is 2.29. The van der Waals surface area contributed by atoms with Crippen LogP contribution in [-0.4, -0.2) is 11.0 Å². The molecule has 4 heteroatoms. The molecule has 0 unspecified atom stereocenters. The Morgan fingerprint density at radius 2 is 1.41 bits per heavy atom. The van der Waals surface area contributed by atoms with E-state index < -0.39 is 5.60 Å². The molecular weight excluding hydrogens is 358 g/mol. The van der Waals surface area contributed by atoms with Crippen LogP contribution in [-0.2, 0) is 10.4 Å². The van der Waals surface area contributed by atoms with E-state index in [1.165, 1.54) is 6.08 Å². The summed E-state index contributed by atoms with van der Waals surface area (Å²) < 4.78 is 0. The van der Waals surface area contributed by atoms with Gasteiger partial charge in [0.15, 0.2) is 0 Å². The molecule has 1 amide bonds. The molecule has 0 saturated carbocycles. The zero-order chi connectivity index (χ0) is 19.1. The van der Waals surface area contributed by atoms with Gasteiger partial charge in [-0.25, -0.2) is 0 Å². The molecule has 0 aliphatic heterocycles. The van der Waals surface area contributed by atoms with Crippen LogP contribution in [0.4, 0.5) is 5.69 Å². The zero-order valence-electron chi connectivity index (χ0n) is 14.7. The fourth-order valence-corrected chi connectivity index (χ4v) is 3.09. The van der Waals surface area contributed by atoms with Crippen molar-refractivity contribution >= 4 is 23.2 Å². The summed E-state index contributed by atoms with van der Waals surface area (Å²) in [6.07, 6.45) is 3.35. The lowest BCUT2D eigenvalue weighted by molar-refractivity contribution is -0.111. The molecule has 0 aliphatic rings. The number of aliphatic hydroxyl groups is 1. The first-order valence-corrected chi connectivity index (χ1v) is 9.03. The van der Waals surface area contributed by atoms with Crippen molar-refractivity contribution in [1.29, 1.82) is 0 Å². The van der Waals surface area contributed by atoms with Gasteiger partial charge in [-0.05, 0) is 29.3 Å². The largest absolute Gasteiger partial charge is 0.380 e. The number of benzene rings is 3. The average molecular weight is 378 g/mol. The monoisotopic (exact) mass is 377 g/mol. The Bertz CT molecular complexity index is 884. The van der Waals surface area contributed by atoms with Crippen LogP contribution in [0.1, 0.15) is 17.5 Å². The second-order valence-electron chi connectivity index (χ2n) is 6.17. The van der Waals surface area contributed by atoms with Crippen LogP contribution in [0.15, 0.2) is 97.1 Å². The van der Waals surface area contributed by atoms with Crippen LogP contribution in [0.25, 0.3) is 0 Å². The topological polar surface area (TPSA) is 49.3 Å². The highest BCUT2D eigenvalue weighted by molar-refractivity contribution is 6.33. The molecule has 0 atom stereocenters. The van der Waals surface area contributed by atoms with Crippen LogP contribution < -0.4 is 5.32 Å². The Labute approximate surface area is 163 Å². The third-order valence-electron chi connectivity index (χ3n) is 4.32. The fourth-order valence-electron chi connectivity index (χ4n) is 2.90. The van der Waals surface area contributed by atoms with E-state index in [1.54, 1.807) is 30.3 Å². The van der Waals surface area contributed by atoms with Gasteiger partial charge in [-0.3, -0.25) is 4.79 Å². The first-order chi connectivity index (χ1) is 13.1. The van der Waals surface area contributed by atoms with Gasteiger partial charge in [-0.15, -0.1) is 0 Å². The molecule has 3 rings (SSSR count). The van der Waals surface area contributed by atoms with E-state index in [0.717, 1.165) is 11.1 Å². The molecule has 136 valence electrons. The van der Waals surface area contributed by atoms with Gasteiger partial charge < -0.3 is 10.4 Å². The zero-order valence-corrected chi connectivity index (χ0v) is 15.4. The summed E-state index contributed by atoms with van der Waals surface area (Å²) in [6.45, 7) is 0. The summed E-state index contributed by atoms with van der Waals surface area (Å²) in [6, 6.07) is 25.9. The molecule has 0 radical (unpaired) electrons. The first-order valence-electron chi connectivity index (χ1n) is 8.65. The van der Waals surface area contributed by atoms with Crippen LogP contribution in [0.3, 0.4) is 0 Å². The second kappa shape index (κ2) is 8.67. The van der Waals surface area contributed by atoms with Crippen molar-refractivity contribution in [3.8, 4) is 0 Å². The third-order valence-corrected chi connectivity index (χ3v) is 4.65. The number of nitrogens with one attached hydrogen (secondary N) is 1. The number of para-hydroxylation sites is 1. The summed E-state index contributed by atoms with van der Waals surface area (Å²) in [5.74, 6) is -0.299. The van der Waals surface area contributed by atoms with E-state index >= 15 is 0 Å². The van der Waals surface area contributed by atoms with Crippen molar-refractivity contribution < 1.29 is 9.90 Å². The second-order valence-corrected chi connectivity index (χ2v) is 6.58. The Kier molecular flexibility index (Phi) is 6.07. The van der Waals surface area contributed by atoms with Gasteiger partial charge in [0.25, 0.3) is 0 Å². The number of anilines is 1. The minimum Gasteiger partial charge on any atom is -0.380 e. The quantitative estimate of drug-likeness (QED) is 0.583. The van der Waals surface area contributed by atoms with Gasteiger partial charge in [-0.2, -0.15) is 0 Å². The van der Waals surface area contributed by atoms with Crippen molar-refractivity contribution in [2.75, 3.05) is 5.32 Å². The molecule has 0 spiro atoms. The molecule has 0 heterocycles. The normalized spacial score (nSPS) is 11.5. The highest BCUT2D eigenvalue weighted by Crippen LogP contribution is 2.33. The van der Waals surface area contributed by atoms with Crippen LogP contribution in [0.5, 0.6) is 0 Å². The van der Waals surface area contributed by atoms with Gasteiger partial charge >= 0.3 is 0 Å². The van der Waals surface area contributed by atoms with Crippen molar-refractivity contribution in [1.82, 2.24) is 0 Å². The number of carbonyl (C=O) groups is 1. The molecule has 0 saturated heterocycles. The van der Waals surface area contributed by atoms with Gasteiger partial charge in [0.2, 0.25) is 5.91 Å². The molecule has 3 aromatic carbocycles. The van der Waals surface area contributed by atoms with Gasteiger partial charge in [0.05, 0.1) is 10.7 Å². The minimum atomic E-state index is -1.22. The lowest BCUT2D eigenvalue weighted by atomic mass is 9.83. The van der Waals surface area contributed by atoms with E-state index in [1.807, 2.05) is 60.7 Å². The van der Waals surface area contributed by atoms with E-state index in [2.05, 4.69) is 5.32 Å². The predicted molar refractivity (Wildman–Crippen MR) is 110 cm³/mol. The number of amides is 1.